The molecule has 0 atom stereocenters. The topological polar surface area (TPSA) is 63.9 Å². The number of hydrogen-bond acceptors (Lipinski definition) is 4. The van der Waals surface area contributed by atoms with Crippen LogP contribution in [-0.2, 0) is 11.2 Å². The summed E-state index contributed by atoms with van der Waals surface area (Å²) in [6.45, 7) is 1.44. The zero-order valence-corrected chi connectivity index (χ0v) is 14.4. The van der Waals surface area contributed by atoms with E-state index < -0.39 is 0 Å². The Bertz CT molecular complexity index is 901. The lowest BCUT2D eigenvalue weighted by Crippen LogP contribution is -2.40. The molecule has 1 fully saturated rings. The minimum Gasteiger partial charge on any atom is -0.342 e. The fourth-order valence-electron chi connectivity index (χ4n) is 3.32. The molecule has 25 heavy (non-hydrogen) atoms. The van der Waals surface area contributed by atoms with E-state index in [1.165, 1.54) is 0 Å². The molecule has 0 unspecified atom stereocenters. The van der Waals surface area contributed by atoms with Crippen molar-refractivity contribution in [3.05, 3.63) is 53.2 Å². The van der Waals surface area contributed by atoms with Crippen LogP contribution < -0.4 is 0 Å². The molecule has 0 bridgehead atoms. The number of benzene rings is 1. The fourth-order valence-corrected chi connectivity index (χ4v) is 3.53. The molecule has 0 saturated carbocycles. The van der Waals surface area contributed by atoms with Crippen LogP contribution in [0.4, 0.5) is 0 Å². The first-order valence-corrected chi connectivity index (χ1v) is 8.76. The van der Waals surface area contributed by atoms with E-state index in [4.69, 9.17) is 11.6 Å². The van der Waals surface area contributed by atoms with E-state index >= 15 is 0 Å². The van der Waals surface area contributed by atoms with E-state index in [1.54, 1.807) is 6.20 Å². The van der Waals surface area contributed by atoms with Crippen LogP contribution in [0.15, 0.2) is 42.6 Å². The van der Waals surface area contributed by atoms with Crippen LogP contribution in [0.3, 0.4) is 0 Å². The number of rotatable bonds is 3. The van der Waals surface area contributed by atoms with Gasteiger partial charge in [-0.2, -0.15) is 0 Å². The average Bonchev–Trinajstić information content (AvgIpc) is 3.06. The smallest absolute Gasteiger partial charge is 0.226 e. The summed E-state index contributed by atoms with van der Waals surface area (Å²) >= 11 is 5.99. The molecule has 7 heteroatoms. The number of piperidine rings is 1. The van der Waals surface area contributed by atoms with Gasteiger partial charge < -0.3 is 4.90 Å². The lowest BCUT2D eigenvalue weighted by Gasteiger charge is -2.32. The van der Waals surface area contributed by atoms with Crippen molar-refractivity contribution in [2.45, 2.75) is 25.3 Å². The number of nitrogens with zero attached hydrogens (tertiary/aromatic N) is 5. The lowest BCUT2D eigenvalue weighted by molar-refractivity contribution is -0.131. The van der Waals surface area contributed by atoms with Gasteiger partial charge in [-0.25, -0.2) is 9.67 Å². The highest BCUT2D eigenvalue weighted by molar-refractivity contribution is 6.30. The summed E-state index contributed by atoms with van der Waals surface area (Å²) in [5.74, 6) is 0.141. The van der Waals surface area contributed by atoms with E-state index in [2.05, 4.69) is 15.3 Å². The van der Waals surface area contributed by atoms with Gasteiger partial charge in [-0.3, -0.25) is 4.79 Å². The molecule has 3 heterocycles. The van der Waals surface area contributed by atoms with E-state index in [1.807, 2.05) is 46.0 Å². The van der Waals surface area contributed by atoms with Crippen LogP contribution >= 0.6 is 11.6 Å². The molecule has 0 aliphatic carbocycles. The number of halogens is 1. The molecule has 1 aliphatic heterocycles. The quantitative estimate of drug-likeness (QED) is 0.724. The molecule has 1 saturated heterocycles. The second kappa shape index (κ2) is 6.80. The van der Waals surface area contributed by atoms with Crippen molar-refractivity contribution < 1.29 is 4.79 Å². The summed E-state index contributed by atoms with van der Waals surface area (Å²) in [6, 6.07) is 11.5. The van der Waals surface area contributed by atoms with Crippen LogP contribution in [0.25, 0.3) is 11.2 Å². The number of pyridine rings is 1. The molecule has 6 nitrogen and oxygen atoms in total. The first-order chi connectivity index (χ1) is 12.2. The van der Waals surface area contributed by atoms with Crippen molar-refractivity contribution in [2.75, 3.05) is 13.1 Å². The van der Waals surface area contributed by atoms with E-state index in [-0.39, 0.29) is 11.9 Å². The number of likely N-dealkylation sites (tertiary alicyclic amines) is 1. The molecule has 1 amide bonds. The normalized spacial score (nSPS) is 15.6. The number of amides is 1. The van der Waals surface area contributed by atoms with Crippen LogP contribution in [0.5, 0.6) is 0 Å². The predicted octanol–water partition coefficient (Wildman–Crippen LogP) is 2.89. The van der Waals surface area contributed by atoms with Crippen LogP contribution in [0, 0.1) is 0 Å². The Balaban J connectivity index is 1.40. The number of carbonyl (C=O) groups is 1. The Labute approximate surface area is 150 Å². The molecule has 1 aliphatic rings. The molecular formula is C18H18ClN5O. The van der Waals surface area contributed by atoms with Gasteiger partial charge in [-0.15, -0.1) is 5.10 Å². The Morgan fingerprint density at radius 3 is 2.84 bits per heavy atom. The number of hydrogen-bond donors (Lipinski definition) is 0. The second-order valence-corrected chi connectivity index (χ2v) is 6.74. The van der Waals surface area contributed by atoms with Crippen molar-refractivity contribution in [3.63, 3.8) is 0 Å². The molecule has 128 valence electrons. The van der Waals surface area contributed by atoms with E-state index in [0.29, 0.717) is 11.4 Å². The summed E-state index contributed by atoms with van der Waals surface area (Å²) in [4.78, 5) is 18.8. The predicted molar refractivity (Wildman–Crippen MR) is 95.3 cm³/mol. The van der Waals surface area contributed by atoms with Crippen molar-refractivity contribution >= 4 is 28.7 Å². The third kappa shape index (κ3) is 3.35. The average molecular weight is 356 g/mol. The molecule has 0 radical (unpaired) electrons. The maximum Gasteiger partial charge on any atom is 0.226 e. The molecular weight excluding hydrogens is 338 g/mol. The molecule has 2 aromatic heterocycles. The summed E-state index contributed by atoms with van der Waals surface area (Å²) < 4.78 is 1.90. The molecule has 4 rings (SSSR count). The molecule has 0 spiro atoms. The molecule has 1 aromatic carbocycles. The minimum atomic E-state index is 0.141. The highest BCUT2D eigenvalue weighted by Gasteiger charge is 2.25. The van der Waals surface area contributed by atoms with Gasteiger partial charge >= 0.3 is 0 Å². The molecule has 3 aromatic rings. The Kier molecular flexibility index (Phi) is 4.36. The van der Waals surface area contributed by atoms with Gasteiger partial charge in [0, 0.05) is 24.3 Å². The van der Waals surface area contributed by atoms with Crippen LogP contribution in [-0.4, -0.2) is 43.9 Å². The zero-order valence-electron chi connectivity index (χ0n) is 13.7. The maximum atomic E-state index is 12.5. The standard InChI is InChI=1S/C18H18ClN5O/c19-14-4-1-3-13(11-14)12-17(25)23-9-6-15(7-10-23)24-18-16(21-22-24)5-2-8-20-18/h1-5,8,11,15H,6-7,9-10,12H2. The van der Waals surface area contributed by atoms with E-state index in [9.17, 15) is 4.79 Å². The summed E-state index contributed by atoms with van der Waals surface area (Å²) in [6.07, 6.45) is 3.86. The van der Waals surface area contributed by atoms with Crippen LogP contribution in [0.2, 0.25) is 5.02 Å². The van der Waals surface area contributed by atoms with Gasteiger partial charge in [0.2, 0.25) is 5.91 Å². The Hall–Kier alpha value is -2.47. The summed E-state index contributed by atoms with van der Waals surface area (Å²) in [5.41, 5.74) is 2.57. The largest absolute Gasteiger partial charge is 0.342 e. The highest BCUT2D eigenvalue weighted by Crippen LogP contribution is 2.25. The highest BCUT2D eigenvalue weighted by atomic mass is 35.5. The lowest BCUT2D eigenvalue weighted by atomic mass is 10.0. The van der Waals surface area contributed by atoms with Gasteiger partial charge in [-0.1, -0.05) is 28.9 Å². The third-order valence-electron chi connectivity index (χ3n) is 4.64. The first-order valence-electron chi connectivity index (χ1n) is 8.39. The maximum absolute atomic E-state index is 12.5. The van der Waals surface area contributed by atoms with Gasteiger partial charge in [-0.05, 0) is 42.7 Å². The Morgan fingerprint density at radius 1 is 1.20 bits per heavy atom. The minimum absolute atomic E-state index is 0.141. The van der Waals surface area contributed by atoms with Crippen molar-refractivity contribution in [1.82, 2.24) is 24.9 Å². The second-order valence-electron chi connectivity index (χ2n) is 6.30. The number of fused-ring (bicyclic) bond motifs is 1. The Morgan fingerprint density at radius 2 is 2.04 bits per heavy atom. The first kappa shape index (κ1) is 16.0. The van der Waals surface area contributed by atoms with Gasteiger partial charge in [0.25, 0.3) is 0 Å². The zero-order chi connectivity index (χ0) is 17.2. The fraction of sp³-hybridized carbons (Fsp3) is 0.333. The van der Waals surface area contributed by atoms with Crippen molar-refractivity contribution in [3.8, 4) is 0 Å². The summed E-state index contributed by atoms with van der Waals surface area (Å²) in [5, 5.41) is 9.08. The van der Waals surface area contributed by atoms with E-state index in [0.717, 1.165) is 42.7 Å². The molecule has 0 N–H and O–H groups in total. The summed E-state index contributed by atoms with van der Waals surface area (Å²) in [7, 11) is 0. The SMILES string of the molecule is O=C(Cc1cccc(Cl)c1)N1CCC(n2nnc3cccnc32)CC1. The third-order valence-corrected chi connectivity index (χ3v) is 4.87. The van der Waals surface area contributed by atoms with Gasteiger partial charge in [0.1, 0.15) is 5.52 Å². The van der Waals surface area contributed by atoms with Gasteiger partial charge in [0.05, 0.1) is 12.5 Å². The monoisotopic (exact) mass is 355 g/mol. The number of carbonyl (C=O) groups excluding carboxylic acids is 1. The van der Waals surface area contributed by atoms with Crippen LogP contribution in [0.1, 0.15) is 24.4 Å². The van der Waals surface area contributed by atoms with Crippen molar-refractivity contribution in [1.29, 1.82) is 0 Å². The van der Waals surface area contributed by atoms with Gasteiger partial charge in [0.15, 0.2) is 5.65 Å². The van der Waals surface area contributed by atoms with Crippen molar-refractivity contribution in [2.24, 2.45) is 0 Å². The number of aromatic nitrogens is 4.